The van der Waals surface area contributed by atoms with Crippen molar-refractivity contribution in [1.82, 2.24) is 25.4 Å². The molecule has 0 aliphatic carbocycles. The van der Waals surface area contributed by atoms with Crippen molar-refractivity contribution in [3.05, 3.63) is 59.9 Å². The van der Waals surface area contributed by atoms with Gasteiger partial charge in [0.15, 0.2) is 0 Å². The average molecular weight is 440 g/mol. The van der Waals surface area contributed by atoms with Gasteiger partial charge in [0.25, 0.3) is 11.8 Å². The Hall–Kier alpha value is -2.91. The standard InChI is InChI=1S/C22H25N5O3S/c1-22(20(29)24-21(30)25-22)15-31-18-5-3-2-4-17(18)19(28)27-12-10-26(11-13-27)14-16-6-8-23-9-7-16/h2-9H,10-15H2,1H3,(H2,24,25,29,30). The minimum Gasteiger partial charge on any atom is -0.336 e. The third kappa shape index (κ3) is 4.88. The molecule has 0 radical (unpaired) electrons. The van der Waals surface area contributed by atoms with Crippen molar-refractivity contribution in [2.45, 2.75) is 23.9 Å². The summed E-state index contributed by atoms with van der Waals surface area (Å²) in [6, 6.07) is 11.0. The van der Waals surface area contributed by atoms with Crippen LogP contribution in [0.3, 0.4) is 0 Å². The Morgan fingerprint density at radius 2 is 1.81 bits per heavy atom. The fourth-order valence-corrected chi connectivity index (χ4v) is 4.83. The molecule has 2 fully saturated rings. The Bertz CT molecular complexity index is 978. The van der Waals surface area contributed by atoms with Crippen LogP contribution >= 0.6 is 11.8 Å². The molecule has 162 valence electrons. The van der Waals surface area contributed by atoms with E-state index >= 15 is 0 Å². The molecule has 4 rings (SSSR count). The lowest BCUT2D eigenvalue weighted by Gasteiger charge is -2.35. The van der Waals surface area contributed by atoms with Gasteiger partial charge in [-0.05, 0) is 36.8 Å². The van der Waals surface area contributed by atoms with E-state index in [-0.39, 0.29) is 11.8 Å². The zero-order chi connectivity index (χ0) is 21.8. The molecule has 0 spiro atoms. The molecule has 2 N–H and O–H groups in total. The van der Waals surface area contributed by atoms with Crippen molar-refractivity contribution < 1.29 is 14.4 Å². The van der Waals surface area contributed by atoms with Crippen molar-refractivity contribution in [2.75, 3.05) is 31.9 Å². The molecule has 2 aliphatic heterocycles. The SMILES string of the molecule is CC1(CSc2ccccc2C(=O)N2CCN(Cc3ccncc3)CC2)NC(=O)NC1=O. The molecule has 8 nitrogen and oxygen atoms in total. The second-order valence-electron chi connectivity index (χ2n) is 7.95. The molecule has 31 heavy (non-hydrogen) atoms. The lowest BCUT2D eigenvalue weighted by atomic mass is 10.1. The Morgan fingerprint density at radius 3 is 2.48 bits per heavy atom. The van der Waals surface area contributed by atoms with E-state index in [0.29, 0.717) is 24.4 Å². The molecule has 1 unspecified atom stereocenters. The molecule has 1 aromatic carbocycles. The normalized spacial score (nSPS) is 21.6. The number of hydrogen-bond donors (Lipinski definition) is 2. The monoisotopic (exact) mass is 439 g/mol. The van der Waals surface area contributed by atoms with Crippen LogP contribution in [0.25, 0.3) is 0 Å². The number of carbonyl (C=O) groups excluding carboxylic acids is 3. The maximum atomic E-state index is 13.2. The predicted molar refractivity (Wildman–Crippen MR) is 118 cm³/mol. The molecule has 2 aliphatic rings. The third-order valence-corrected chi connectivity index (χ3v) is 6.96. The summed E-state index contributed by atoms with van der Waals surface area (Å²) in [6.45, 7) is 5.50. The van der Waals surface area contributed by atoms with Crippen LogP contribution in [0, 0.1) is 0 Å². The minimum atomic E-state index is -0.990. The van der Waals surface area contributed by atoms with E-state index in [1.165, 1.54) is 17.3 Å². The smallest absolute Gasteiger partial charge is 0.322 e. The van der Waals surface area contributed by atoms with Gasteiger partial charge in [-0.1, -0.05) is 12.1 Å². The van der Waals surface area contributed by atoms with Gasteiger partial charge in [-0.3, -0.25) is 24.8 Å². The van der Waals surface area contributed by atoms with Crippen molar-refractivity contribution in [3.8, 4) is 0 Å². The van der Waals surface area contributed by atoms with Crippen LogP contribution in [0.4, 0.5) is 4.79 Å². The van der Waals surface area contributed by atoms with E-state index in [1.54, 1.807) is 19.3 Å². The van der Waals surface area contributed by atoms with Gasteiger partial charge in [-0.25, -0.2) is 4.79 Å². The van der Waals surface area contributed by atoms with Crippen LogP contribution in [-0.4, -0.2) is 70.1 Å². The first-order chi connectivity index (χ1) is 14.9. The van der Waals surface area contributed by atoms with E-state index < -0.39 is 11.6 Å². The molecule has 1 aromatic heterocycles. The fraction of sp³-hybridized carbons (Fsp3) is 0.364. The summed E-state index contributed by atoms with van der Waals surface area (Å²) >= 11 is 1.40. The number of benzene rings is 1. The van der Waals surface area contributed by atoms with Crippen LogP contribution in [-0.2, 0) is 11.3 Å². The van der Waals surface area contributed by atoms with Crippen molar-refractivity contribution in [2.24, 2.45) is 0 Å². The number of nitrogens with zero attached hydrogens (tertiary/aromatic N) is 3. The lowest BCUT2D eigenvalue weighted by Crippen LogP contribution is -2.48. The number of piperazine rings is 1. The summed E-state index contributed by atoms with van der Waals surface area (Å²) in [5.74, 6) is -0.00922. The molecule has 2 saturated heterocycles. The summed E-state index contributed by atoms with van der Waals surface area (Å²) in [6.07, 6.45) is 3.59. The van der Waals surface area contributed by atoms with E-state index in [4.69, 9.17) is 0 Å². The highest BCUT2D eigenvalue weighted by molar-refractivity contribution is 7.99. The number of urea groups is 1. The predicted octanol–water partition coefficient (Wildman–Crippen LogP) is 1.73. The van der Waals surface area contributed by atoms with Crippen molar-refractivity contribution >= 4 is 29.6 Å². The van der Waals surface area contributed by atoms with Crippen LogP contribution in [0.1, 0.15) is 22.8 Å². The van der Waals surface area contributed by atoms with Crippen LogP contribution in [0.5, 0.6) is 0 Å². The van der Waals surface area contributed by atoms with Crippen LogP contribution in [0.15, 0.2) is 53.7 Å². The van der Waals surface area contributed by atoms with Gasteiger partial charge < -0.3 is 10.2 Å². The Kier molecular flexibility index (Phi) is 6.24. The van der Waals surface area contributed by atoms with E-state index in [0.717, 1.165) is 24.5 Å². The number of thioether (sulfide) groups is 1. The number of nitrogens with one attached hydrogen (secondary N) is 2. The van der Waals surface area contributed by atoms with Gasteiger partial charge in [-0.2, -0.15) is 0 Å². The highest BCUT2D eigenvalue weighted by Crippen LogP contribution is 2.28. The zero-order valence-electron chi connectivity index (χ0n) is 17.3. The highest BCUT2D eigenvalue weighted by Gasteiger charge is 2.42. The van der Waals surface area contributed by atoms with Gasteiger partial charge in [-0.15, -0.1) is 11.8 Å². The maximum absolute atomic E-state index is 13.2. The molecule has 4 amide bonds. The Balaban J connectivity index is 1.37. The fourth-order valence-electron chi connectivity index (χ4n) is 3.70. The second-order valence-corrected chi connectivity index (χ2v) is 8.97. The minimum absolute atomic E-state index is 0.00303. The summed E-state index contributed by atoms with van der Waals surface area (Å²) < 4.78 is 0. The quantitative estimate of drug-likeness (QED) is 0.526. The number of amides is 4. The lowest BCUT2D eigenvalue weighted by molar-refractivity contribution is -0.122. The van der Waals surface area contributed by atoms with Crippen molar-refractivity contribution in [3.63, 3.8) is 0 Å². The molecule has 3 heterocycles. The molecule has 0 saturated carbocycles. The number of imide groups is 1. The number of carbonyl (C=O) groups is 3. The Labute approximate surface area is 185 Å². The summed E-state index contributed by atoms with van der Waals surface area (Å²) in [4.78, 5) is 45.8. The second kappa shape index (κ2) is 9.07. The van der Waals surface area contributed by atoms with Crippen LogP contribution < -0.4 is 10.6 Å². The highest BCUT2D eigenvalue weighted by atomic mass is 32.2. The molecule has 1 atom stereocenters. The number of aromatic nitrogens is 1. The van der Waals surface area contributed by atoms with Gasteiger partial charge in [0.1, 0.15) is 5.54 Å². The van der Waals surface area contributed by atoms with Crippen LogP contribution in [0.2, 0.25) is 0 Å². The number of hydrogen-bond acceptors (Lipinski definition) is 6. The molecular formula is C22H25N5O3S. The number of pyridine rings is 1. The molecular weight excluding hydrogens is 414 g/mol. The van der Waals surface area contributed by atoms with E-state index in [2.05, 4.69) is 20.5 Å². The van der Waals surface area contributed by atoms with E-state index in [1.807, 2.05) is 41.3 Å². The summed E-state index contributed by atoms with van der Waals surface area (Å²) in [5.41, 5.74) is 0.854. The summed E-state index contributed by atoms with van der Waals surface area (Å²) in [7, 11) is 0. The average Bonchev–Trinajstić information content (AvgIpc) is 3.04. The zero-order valence-corrected chi connectivity index (χ0v) is 18.2. The first-order valence-corrected chi connectivity index (χ1v) is 11.2. The van der Waals surface area contributed by atoms with Crippen molar-refractivity contribution in [1.29, 1.82) is 0 Å². The number of rotatable bonds is 6. The molecule has 0 bridgehead atoms. The van der Waals surface area contributed by atoms with Gasteiger partial charge >= 0.3 is 6.03 Å². The first-order valence-electron chi connectivity index (χ1n) is 10.2. The van der Waals surface area contributed by atoms with E-state index in [9.17, 15) is 14.4 Å². The first kappa shape index (κ1) is 21.3. The topological polar surface area (TPSA) is 94.6 Å². The Morgan fingerprint density at radius 1 is 1.10 bits per heavy atom. The van der Waals surface area contributed by atoms with Gasteiger partial charge in [0.05, 0.1) is 5.56 Å². The largest absolute Gasteiger partial charge is 0.336 e. The summed E-state index contributed by atoms with van der Waals surface area (Å²) in [5, 5.41) is 4.93. The van der Waals surface area contributed by atoms with Gasteiger partial charge in [0, 0.05) is 55.8 Å². The maximum Gasteiger partial charge on any atom is 0.322 e. The molecule has 2 aromatic rings. The third-order valence-electron chi connectivity index (χ3n) is 5.57. The van der Waals surface area contributed by atoms with Gasteiger partial charge in [0.2, 0.25) is 0 Å². The molecule has 9 heteroatoms.